The molecule has 0 saturated carbocycles. The Bertz CT molecular complexity index is 1310. The van der Waals surface area contributed by atoms with E-state index in [0.29, 0.717) is 29.8 Å². The normalized spacial score (nSPS) is 15.9. The van der Waals surface area contributed by atoms with Gasteiger partial charge in [-0.05, 0) is 49.7 Å². The molecule has 2 aromatic carbocycles. The van der Waals surface area contributed by atoms with Gasteiger partial charge in [-0.15, -0.1) is 0 Å². The van der Waals surface area contributed by atoms with Crippen LogP contribution in [0.25, 0.3) is 22.2 Å². The fourth-order valence-corrected chi connectivity index (χ4v) is 4.45. The van der Waals surface area contributed by atoms with E-state index in [1.807, 2.05) is 31.2 Å². The van der Waals surface area contributed by atoms with Crippen LogP contribution in [0.5, 0.6) is 0 Å². The van der Waals surface area contributed by atoms with Crippen molar-refractivity contribution in [3.05, 3.63) is 83.2 Å². The number of aromatic nitrogens is 3. The second kappa shape index (κ2) is 7.27. The first-order chi connectivity index (χ1) is 14.9. The number of halogens is 2. The summed E-state index contributed by atoms with van der Waals surface area (Å²) in [5.74, 6) is -1.33. The van der Waals surface area contributed by atoms with Crippen LogP contribution in [0, 0.1) is 11.6 Å². The minimum absolute atomic E-state index is 0.0760. The average molecular weight is 418 g/mol. The molecule has 1 unspecified atom stereocenters. The predicted molar refractivity (Wildman–Crippen MR) is 113 cm³/mol. The van der Waals surface area contributed by atoms with E-state index in [9.17, 15) is 13.6 Å². The number of nitrogens with zero attached hydrogens (tertiary/aromatic N) is 4. The van der Waals surface area contributed by atoms with E-state index in [2.05, 4.69) is 10.1 Å². The highest BCUT2D eigenvalue weighted by Gasteiger charge is 2.33. The van der Waals surface area contributed by atoms with Crippen molar-refractivity contribution in [1.82, 2.24) is 19.7 Å². The topological polar surface area (TPSA) is 51.0 Å². The lowest BCUT2D eigenvalue weighted by molar-refractivity contribution is 0.0674. The van der Waals surface area contributed by atoms with Crippen molar-refractivity contribution in [2.24, 2.45) is 7.05 Å². The van der Waals surface area contributed by atoms with Crippen LogP contribution < -0.4 is 0 Å². The lowest BCUT2D eigenvalue weighted by atomic mass is 9.95. The number of rotatable bonds is 2. The van der Waals surface area contributed by atoms with Gasteiger partial charge in [-0.1, -0.05) is 6.07 Å². The molecule has 4 aromatic rings. The third-order valence-corrected chi connectivity index (χ3v) is 5.89. The van der Waals surface area contributed by atoms with Gasteiger partial charge in [-0.2, -0.15) is 5.10 Å². The lowest BCUT2D eigenvalue weighted by Crippen LogP contribution is -2.38. The molecule has 0 fully saturated rings. The van der Waals surface area contributed by atoms with E-state index < -0.39 is 11.6 Å². The molecule has 5 rings (SSSR count). The van der Waals surface area contributed by atoms with E-state index in [1.54, 1.807) is 28.9 Å². The molecule has 0 saturated heterocycles. The molecule has 3 heterocycles. The van der Waals surface area contributed by atoms with Crippen molar-refractivity contribution in [3.63, 3.8) is 0 Å². The van der Waals surface area contributed by atoms with Gasteiger partial charge < -0.3 is 4.90 Å². The molecule has 0 N–H and O–H groups in total. The number of amides is 1. The van der Waals surface area contributed by atoms with Gasteiger partial charge in [0.25, 0.3) is 5.91 Å². The van der Waals surface area contributed by atoms with Gasteiger partial charge in [0.2, 0.25) is 0 Å². The van der Waals surface area contributed by atoms with Crippen LogP contribution in [-0.2, 0) is 13.5 Å². The smallest absolute Gasteiger partial charge is 0.254 e. The monoisotopic (exact) mass is 418 g/mol. The highest BCUT2D eigenvalue weighted by atomic mass is 19.1. The van der Waals surface area contributed by atoms with Crippen molar-refractivity contribution in [2.45, 2.75) is 19.4 Å². The van der Waals surface area contributed by atoms with Crippen LogP contribution in [0.4, 0.5) is 8.78 Å². The number of carbonyl (C=O) groups is 1. The SMILES string of the molecule is CC1c2nn(C)c(-c3cc(F)cc(F)c3)c2CCN1C(=O)c1ccc2ncccc2c1. The van der Waals surface area contributed by atoms with E-state index in [4.69, 9.17) is 0 Å². The summed E-state index contributed by atoms with van der Waals surface area (Å²) in [5, 5.41) is 5.52. The molecule has 1 aliphatic heterocycles. The van der Waals surface area contributed by atoms with E-state index >= 15 is 0 Å². The number of benzene rings is 2. The zero-order chi connectivity index (χ0) is 21.7. The summed E-state index contributed by atoms with van der Waals surface area (Å²) >= 11 is 0. The summed E-state index contributed by atoms with van der Waals surface area (Å²) in [6, 6.07) is 12.5. The molecule has 31 heavy (non-hydrogen) atoms. The Morgan fingerprint density at radius 2 is 1.87 bits per heavy atom. The van der Waals surface area contributed by atoms with Gasteiger partial charge in [0.05, 0.1) is 22.9 Å². The Hall–Kier alpha value is -3.61. The molecule has 0 bridgehead atoms. The van der Waals surface area contributed by atoms with Crippen LogP contribution >= 0.6 is 0 Å². The predicted octanol–water partition coefficient (Wildman–Crippen LogP) is 4.67. The summed E-state index contributed by atoms with van der Waals surface area (Å²) < 4.78 is 29.2. The third-order valence-electron chi connectivity index (χ3n) is 5.89. The summed E-state index contributed by atoms with van der Waals surface area (Å²) in [6.45, 7) is 2.43. The van der Waals surface area contributed by atoms with Gasteiger partial charge in [-0.25, -0.2) is 8.78 Å². The Labute approximate surface area is 177 Å². The molecule has 156 valence electrons. The van der Waals surface area contributed by atoms with Crippen LogP contribution in [0.2, 0.25) is 0 Å². The number of aryl methyl sites for hydroxylation is 1. The van der Waals surface area contributed by atoms with Crippen LogP contribution in [0.1, 0.15) is 34.6 Å². The van der Waals surface area contributed by atoms with Gasteiger partial charge in [0.15, 0.2) is 0 Å². The maximum Gasteiger partial charge on any atom is 0.254 e. The molecule has 5 nitrogen and oxygen atoms in total. The zero-order valence-electron chi connectivity index (χ0n) is 17.1. The molecule has 0 radical (unpaired) electrons. The second-order valence-corrected chi connectivity index (χ2v) is 7.83. The second-order valence-electron chi connectivity index (χ2n) is 7.83. The summed E-state index contributed by atoms with van der Waals surface area (Å²) in [6.07, 6.45) is 2.28. The molecule has 1 atom stereocenters. The Morgan fingerprint density at radius 1 is 1.10 bits per heavy atom. The first-order valence-electron chi connectivity index (χ1n) is 10.1. The third kappa shape index (κ3) is 3.26. The molecule has 2 aromatic heterocycles. The molecule has 1 amide bonds. The molecule has 7 heteroatoms. The van der Waals surface area contributed by atoms with Gasteiger partial charge in [0.1, 0.15) is 11.6 Å². The lowest BCUT2D eigenvalue weighted by Gasteiger charge is -2.33. The van der Waals surface area contributed by atoms with Crippen LogP contribution in [-0.4, -0.2) is 32.1 Å². The standard InChI is InChI=1S/C24H20F2N4O/c1-14-22-20(23(29(2)28-22)17-11-18(25)13-19(26)12-17)7-9-30(14)24(31)16-5-6-21-15(10-16)4-3-8-27-21/h3-6,8,10-14H,7,9H2,1-2H3. The van der Waals surface area contributed by atoms with Gasteiger partial charge >= 0.3 is 0 Å². The zero-order valence-corrected chi connectivity index (χ0v) is 17.1. The number of carbonyl (C=O) groups excluding carboxylic acids is 1. The van der Waals surface area contributed by atoms with Crippen LogP contribution in [0.15, 0.2) is 54.7 Å². The Morgan fingerprint density at radius 3 is 2.65 bits per heavy atom. The minimum atomic E-state index is -0.628. The number of fused-ring (bicyclic) bond motifs is 2. The first kappa shape index (κ1) is 19.4. The maximum atomic E-state index is 13.8. The van der Waals surface area contributed by atoms with E-state index in [-0.39, 0.29) is 11.9 Å². The first-order valence-corrected chi connectivity index (χ1v) is 10.1. The highest BCUT2D eigenvalue weighted by molar-refractivity contribution is 5.98. The largest absolute Gasteiger partial charge is 0.330 e. The average Bonchev–Trinajstić information content (AvgIpc) is 3.09. The molecule has 0 aliphatic carbocycles. The van der Waals surface area contributed by atoms with Gasteiger partial charge in [-0.3, -0.25) is 14.5 Å². The highest BCUT2D eigenvalue weighted by Crippen LogP contribution is 2.36. The van der Waals surface area contributed by atoms with Crippen molar-refractivity contribution in [3.8, 4) is 11.3 Å². The Balaban J connectivity index is 1.50. The summed E-state index contributed by atoms with van der Waals surface area (Å²) in [4.78, 5) is 19.4. The van der Waals surface area contributed by atoms with Crippen molar-refractivity contribution < 1.29 is 13.6 Å². The summed E-state index contributed by atoms with van der Waals surface area (Å²) in [5.41, 5.74) is 4.24. The number of hydrogen-bond donors (Lipinski definition) is 0. The van der Waals surface area contributed by atoms with E-state index in [1.165, 1.54) is 12.1 Å². The van der Waals surface area contributed by atoms with Crippen LogP contribution in [0.3, 0.4) is 0 Å². The fraction of sp³-hybridized carbons (Fsp3) is 0.208. The fourth-order valence-electron chi connectivity index (χ4n) is 4.45. The quantitative estimate of drug-likeness (QED) is 0.475. The van der Waals surface area contributed by atoms with Gasteiger partial charge in [0, 0.05) is 47.9 Å². The molecule has 1 aliphatic rings. The Kier molecular flexibility index (Phi) is 4.54. The van der Waals surface area contributed by atoms with E-state index in [0.717, 1.165) is 28.2 Å². The maximum absolute atomic E-state index is 13.8. The summed E-state index contributed by atoms with van der Waals surface area (Å²) in [7, 11) is 1.76. The van der Waals surface area contributed by atoms with Crippen molar-refractivity contribution >= 4 is 16.8 Å². The number of pyridine rings is 1. The molecular weight excluding hydrogens is 398 g/mol. The minimum Gasteiger partial charge on any atom is -0.330 e. The molecule has 0 spiro atoms. The van der Waals surface area contributed by atoms with Crippen molar-refractivity contribution in [1.29, 1.82) is 0 Å². The molecular formula is C24H20F2N4O. The number of hydrogen-bond acceptors (Lipinski definition) is 3. The van der Waals surface area contributed by atoms with Crippen molar-refractivity contribution in [2.75, 3.05) is 6.54 Å².